The third-order valence-corrected chi connectivity index (χ3v) is 6.53. The van der Waals surface area contributed by atoms with Gasteiger partial charge in [-0.05, 0) is 62.0 Å². The Labute approximate surface area is 134 Å². The first kappa shape index (κ1) is 17.1. The fourth-order valence-corrected chi connectivity index (χ4v) is 5.48. The second-order valence-corrected chi connectivity index (χ2v) is 7.75. The van der Waals surface area contributed by atoms with Crippen molar-refractivity contribution in [2.24, 2.45) is 11.8 Å². The first-order valence-electron chi connectivity index (χ1n) is 8.64. The summed E-state index contributed by atoms with van der Waals surface area (Å²) in [6.07, 6.45) is 10.1. The molecule has 1 N–H and O–H groups in total. The number of carbonyl (C=O) groups excluding carboxylic acids is 1. The van der Waals surface area contributed by atoms with Crippen LogP contribution in [0.5, 0.6) is 0 Å². The standard InChI is InChI=1S/C17H31NO2S/c1-3-18-17(16(19)20-2)11-6-9-15(17)10-12-21-13-14-7-4-5-8-14/h14-15,18H,3-13H2,1-2H3. The van der Waals surface area contributed by atoms with Crippen LogP contribution >= 0.6 is 11.8 Å². The number of thioether (sulfide) groups is 1. The molecule has 0 aromatic heterocycles. The van der Waals surface area contributed by atoms with Gasteiger partial charge < -0.3 is 10.1 Å². The van der Waals surface area contributed by atoms with Crippen LogP contribution in [-0.4, -0.2) is 36.7 Å². The zero-order chi connectivity index (χ0) is 15.1. The van der Waals surface area contributed by atoms with Crippen LogP contribution < -0.4 is 5.32 Å². The number of ether oxygens (including phenoxy) is 1. The predicted octanol–water partition coefficient (Wildman–Crippen LogP) is 3.62. The first-order chi connectivity index (χ1) is 10.2. The minimum Gasteiger partial charge on any atom is -0.468 e. The van der Waals surface area contributed by atoms with Gasteiger partial charge in [-0.15, -0.1) is 0 Å². The summed E-state index contributed by atoms with van der Waals surface area (Å²) in [5.74, 6) is 3.86. The van der Waals surface area contributed by atoms with Crippen molar-refractivity contribution in [2.45, 2.75) is 63.8 Å². The van der Waals surface area contributed by atoms with Gasteiger partial charge in [-0.1, -0.05) is 26.2 Å². The maximum atomic E-state index is 12.3. The summed E-state index contributed by atoms with van der Waals surface area (Å²) in [5.41, 5.74) is -0.405. The second-order valence-electron chi connectivity index (χ2n) is 6.60. The summed E-state index contributed by atoms with van der Waals surface area (Å²) in [6, 6.07) is 0. The topological polar surface area (TPSA) is 38.3 Å². The molecule has 122 valence electrons. The summed E-state index contributed by atoms with van der Waals surface area (Å²) in [6.45, 7) is 2.91. The Bertz CT molecular complexity index is 331. The van der Waals surface area contributed by atoms with Gasteiger partial charge >= 0.3 is 5.97 Å². The molecule has 4 heteroatoms. The van der Waals surface area contributed by atoms with Gasteiger partial charge in [0, 0.05) is 0 Å². The van der Waals surface area contributed by atoms with Gasteiger partial charge in [-0.25, -0.2) is 0 Å². The van der Waals surface area contributed by atoms with Crippen molar-refractivity contribution in [2.75, 3.05) is 25.2 Å². The Hall–Kier alpha value is -0.220. The molecule has 0 aromatic carbocycles. The van der Waals surface area contributed by atoms with Crippen LogP contribution in [0.25, 0.3) is 0 Å². The highest BCUT2D eigenvalue weighted by Gasteiger charge is 2.48. The predicted molar refractivity (Wildman–Crippen MR) is 89.7 cm³/mol. The van der Waals surface area contributed by atoms with Crippen LogP contribution in [0.2, 0.25) is 0 Å². The molecule has 2 rings (SSSR count). The SMILES string of the molecule is CCNC1(C(=O)OC)CCCC1CCSCC1CCCC1. The lowest BCUT2D eigenvalue weighted by atomic mass is 9.85. The molecule has 2 saturated carbocycles. The molecule has 0 saturated heterocycles. The van der Waals surface area contributed by atoms with Gasteiger partial charge in [-0.3, -0.25) is 4.79 Å². The molecular formula is C17H31NO2S. The van der Waals surface area contributed by atoms with E-state index in [1.807, 2.05) is 0 Å². The van der Waals surface area contributed by atoms with E-state index in [4.69, 9.17) is 4.74 Å². The van der Waals surface area contributed by atoms with Gasteiger partial charge in [0.2, 0.25) is 0 Å². The average molecular weight is 314 g/mol. The van der Waals surface area contributed by atoms with Crippen molar-refractivity contribution in [1.29, 1.82) is 0 Å². The van der Waals surface area contributed by atoms with E-state index in [9.17, 15) is 4.79 Å². The summed E-state index contributed by atoms with van der Waals surface area (Å²) in [4.78, 5) is 12.3. The summed E-state index contributed by atoms with van der Waals surface area (Å²) >= 11 is 2.10. The lowest BCUT2D eigenvalue weighted by Crippen LogP contribution is -2.55. The molecule has 0 amide bonds. The van der Waals surface area contributed by atoms with Crippen LogP contribution in [-0.2, 0) is 9.53 Å². The number of hydrogen-bond acceptors (Lipinski definition) is 4. The summed E-state index contributed by atoms with van der Waals surface area (Å²) in [7, 11) is 1.52. The molecule has 2 aliphatic carbocycles. The van der Waals surface area contributed by atoms with Gasteiger partial charge in [0.15, 0.2) is 0 Å². The maximum absolute atomic E-state index is 12.3. The number of esters is 1. The number of rotatable bonds is 8. The van der Waals surface area contributed by atoms with Crippen LogP contribution in [0.1, 0.15) is 58.3 Å². The van der Waals surface area contributed by atoms with Crippen molar-refractivity contribution < 1.29 is 9.53 Å². The zero-order valence-electron chi connectivity index (χ0n) is 13.7. The van der Waals surface area contributed by atoms with Crippen molar-refractivity contribution in [3.63, 3.8) is 0 Å². The van der Waals surface area contributed by atoms with Gasteiger partial charge in [0.25, 0.3) is 0 Å². The highest BCUT2D eigenvalue weighted by Crippen LogP contribution is 2.40. The molecule has 0 spiro atoms. The van der Waals surface area contributed by atoms with Gasteiger partial charge in [0.05, 0.1) is 7.11 Å². The van der Waals surface area contributed by atoms with E-state index in [2.05, 4.69) is 24.0 Å². The van der Waals surface area contributed by atoms with Crippen molar-refractivity contribution in [1.82, 2.24) is 5.32 Å². The highest BCUT2D eigenvalue weighted by atomic mass is 32.2. The molecule has 3 nitrogen and oxygen atoms in total. The van der Waals surface area contributed by atoms with Crippen LogP contribution in [0.4, 0.5) is 0 Å². The Balaban J connectivity index is 1.80. The number of hydrogen-bond donors (Lipinski definition) is 1. The molecule has 0 bridgehead atoms. The molecular weight excluding hydrogens is 282 g/mol. The van der Waals surface area contributed by atoms with Gasteiger partial charge in [-0.2, -0.15) is 11.8 Å². The quantitative estimate of drug-likeness (QED) is 0.549. The van der Waals surface area contributed by atoms with Crippen molar-refractivity contribution >= 4 is 17.7 Å². The van der Waals surface area contributed by atoms with E-state index in [1.165, 1.54) is 44.3 Å². The van der Waals surface area contributed by atoms with Crippen LogP contribution in [0, 0.1) is 11.8 Å². The third-order valence-electron chi connectivity index (χ3n) is 5.30. The van der Waals surface area contributed by atoms with Crippen LogP contribution in [0.15, 0.2) is 0 Å². The van der Waals surface area contributed by atoms with E-state index < -0.39 is 5.54 Å². The Morgan fingerprint density at radius 2 is 2.05 bits per heavy atom. The first-order valence-corrected chi connectivity index (χ1v) is 9.79. The normalized spacial score (nSPS) is 29.9. The highest BCUT2D eigenvalue weighted by molar-refractivity contribution is 7.99. The van der Waals surface area contributed by atoms with E-state index in [1.54, 1.807) is 0 Å². The molecule has 0 aliphatic heterocycles. The van der Waals surface area contributed by atoms with E-state index in [0.717, 1.165) is 38.1 Å². The Morgan fingerprint density at radius 1 is 1.29 bits per heavy atom. The van der Waals surface area contributed by atoms with Crippen molar-refractivity contribution in [3.8, 4) is 0 Å². The molecule has 0 radical (unpaired) electrons. The smallest absolute Gasteiger partial charge is 0.326 e. The van der Waals surface area contributed by atoms with E-state index in [-0.39, 0.29) is 5.97 Å². The lowest BCUT2D eigenvalue weighted by molar-refractivity contribution is -0.150. The number of methoxy groups -OCH3 is 1. The monoisotopic (exact) mass is 313 g/mol. The molecule has 2 atom stereocenters. The fourth-order valence-electron chi connectivity index (χ4n) is 4.19. The van der Waals surface area contributed by atoms with E-state index >= 15 is 0 Å². The molecule has 2 aliphatic rings. The second kappa shape index (κ2) is 8.42. The Morgan fingerprint density at radius 3 is 2.71 bits per heavy atom. The van der Waals surface area contributed by atoms with Crippen LogP contribution in [0.3, 0.4) is 0 Å². The maximum Gasteiger partial charge on any atom is 0.326 e. The fraction of sp³-hybridized carbons (Fsp3) is 0.941. The van der Waals surface area contributed by atoms with E-state index in [0.29, 0.717) is 5.92 Å². The lowest BCUT2D eigenvalue weighted by Gasteiger charge is -2.33. The zero-order valence-corrected chi connectivity index (χ0v) is 14.5. The molecule has 0 heterocycles. The minimum atomic E-state index is -0.405. The minimum absolute atomic E-state index is 0.0485. The van der Waals surface area contributed by atoms with Gasteiger partial charge in [0.1, 0.15) is 5.54 Å². The number of nitrogens with one attached hydrogen (secondary N) is 1. The summed E-state index contributed by atoms with van der Waals surface area (Å²) < 4.78 is 5.10. The number of carbonyl (C=O) groups is 1. The van der Waals surface area contributed by atoms with Crippen molar-refractivity contribution in [3.05, 3.63) is 0 Å². The largest absolute Gasteiger partial charge is 0.468 e. The molecule has 2 fully saturated rings. The Kier molecular flexibility index (Phi) is 6.87. The number of likely N-dealkylation sites (N-methyl/N-ethyl adjacent to an activating group) is 1. The summed E-state index contributed by atoms with van der Waals surface area (Å²) in [5, 5.41) is 3.46. The molecule has 21 heavy (non-hydrogen) atoms. The molecule has 0 aromatic rings. The molecule has 2 unspecified atom stereocenters. The third kappa shape index (κ3) is 4.16. The average Bonchev–Trinajstić information content (AvgIpc) is 3.13.